The van der Waals surface area contributed by atoms with Crippen LogP contribution in [0, 0.1) is 6.57 Å². The van der Waals surface area contributed by atoms with Gasteiger partial charge in [-0.2, -0.15) is 0 Å². The van der Waals surface area contributed by atoms with E-state index in [9.17, 15) is 13.6 Å². The van der Waals surface area contributed by atoms with Crippen molar-refractivity contribution in [2.75, 3.05) is 0 Å². The Morgan fingerprint density at radius 2 is 2.29 bits per heavy atom. The van der Waals surface area contributed by atoms with E-state index in [0.717, 1.165) is 12.3 Å². The number of alkyl halides is 2. The number of aromatic carboxylic acids is 1. The number of pyridine rings is 1. The highest BCUT2D eigenvalue weighted by Crippen LogP contribution is 2.25. The lowest BCUT2D eigenvalue weighted by Gasteiger charge is -2.03. The van der Waals surface area contributed by atoms with Crippen LogP contribution in [0.15, 0.2) is 12.3 Å². The lowest BCUT2D eigenvalue weighted by atomic mass is 10.2. The highest BCUT2D eigenvalue weighted by atomic mass is 19.3. The van der Waals surface area contributed by atoms with Crippen LogP contribution in [0.3, 0.4) is 0 Å². The molecule has 1 aromatic rings. The summed E-state index contributed by atoms with van der Waals surface area (Å²) < 4.78 is 24.6. The van der Waals surface area contributed by atoms with Crippen LogP contribution in [-0.4, -0.2) is 16.1 Å². The van der Waals surface area contributed by atoms with Gasteiger partial charge in [-0.15, -0.1) is 0 Å². The molecule has 0 aliphatic heterocycles. The first-order valence-electron chi connectivity index (χ1n) is 3.45. The van der Waals surface area contributed by atoms with Gasteiger partial charge < -0.3 is 5.11 Å². The minimum Gasteiger partial charge on any atom is -0.477 e. The molecule has 1 rings (SSSR count). The van der Waals surface area contributed by atoms with Gasteiger partial charge in [-0.05, 0) is 6.07 Å². The lowest BCUT2D eigenvalue weighted by Crippen LogP contribution is -2.05. The molecule has 0 bridgehead atoms. The molecule has 0 aromatic carbocycles. The Balaban J connectivity index is 3.33. The average molecular weight is 198 g/mol. The second-order valence-corrected chi connectivity index (χ2v) is 2.35. The van der Waals surface area contributed by atoms with Crippen molar-refractivity contribution in [2.45, 2.75) is 6.43 Å². The number of hydrogen-bond donors (Lipinski definition) is 1. The highest BCUT2D eigenvalue weighted by Gasteiger charge is 2.19. The summed E-state index contributed by atoms with van der Waals surface area (Å²) in [7, 11) is 0. The van der Waals surface area contributed by atoms with Gasteiger partial charge in [0, 0.05) is 11.8 Å². The molecule has 0 saturated carbocycles. The van der Waals surface area contributed by atoms with Gasteiger partial charge in [0.15, 0.2) is 5.69 Å². The van der Waals surface area contributed by atoms with Crippen LogP contribution in [0.5, 0.6) is 0 Å². The molecule has 0 aliphatic carbocycles. The Morgan fingerprint density at radius 1 is 1.64 bits per heavy atom. The monoisotopic (exact) mass is 198 g/mol. The zero-order valence-corrected chi connectivity index (χ0v) is 6.74. The summed E-state index contributed by atoms with van der Waals surface area (Å²) in [6.45, 7) is 6.55. The van der Waals surface area contributed by atoms with Crippen LogP contribution < -0.4 is 0 Å². The Hall–Kier alpha value is -2.03. The number of rotatable bonds is 2. The summed E-state index contributed by atoms with van der Waals surface area (Å²) in [5.41, 5.74) is -1.55. The van der Waals surface area contributed by atoms with Crippen molar-refractivity contribution in [1.29, 1.82) is 0 Å². The first-order valence-corrected chi connectivity index (χ1v) is 3.45. The van der Waals surface area contributed by atoms with Gasteiger partial charge in [-0.1, -0.05) is 0 Å². The Labute approximate surface area is 77.6 Å². The van der Waals surface area contributed by atoms with E-state index in [-0.39, 0.29) is 5.69 Å². The number of carboxylic acids is 1. The number of halogens is 2. The van der Waals surface area contributed by atoms with E-state index in [0.29, 0.717) is 0 Å². The number of carbonyl (C=O) groups is 1. The molecule has 1 N–H and O–H groups in total. The van der Waals surface area contributed by atoms with E-state index in [1.807, 2.05) is 0 Å². The van der Waals surface area contributed by atoms with Crippen molar-refractivity contribution in [3.8, 4) is 0 Å². The van der Waals surface area contributed by atoms with Crippen molar-refractivity contribution in [3.05, 3.63) is 34.9 Å². The topological polar surface area (TPSA) is 54.5 Å². The minimum atomic E-state index is -2.95. The van der Waals surface area contributed by atoms with E-state index in [1.165, 1.54) is 0 Å². The van der Waals surface area contributed by atoms with Crippen LogP contribution >= 0.6 is 0 Å². The smallest absolute Gasteiger partial charge is 0.354 e. The summed E-state index contributed by atoms with van der Waals surface area (Å²) in [5, 5.41) is 8.50. The van der Waals surface area contributed by atoms with Crippen molar-refractivity contribution in [3.63, 3.8) is 0 Å². The number of carboxylic acid groups (broad SMARTS) is 1. The standard InChI is InChI=1S/C8H4F2N2O2/c1-11-4-2-5(7(9)10)6(8(13)14)12-3-4/h2-3,7H,(H,13,14). The predicted molar refractivity (Wildman–Crippen MR) is 42.4 cm³/mol. The zero-order valence-electron chi connectivity index (χ0n) is 6.74. The maximum absolute atomic E-state index is 12.3. The summed E-state index contributed by atoms with van der Waals surface area (Å²) in [4.78, 5) is 16.6. The van der Waals surface area contributed by atoms with Gasteiger partial charge in [0.1, 0.15) is 0 Å². The SMILES string of the molecule is [C-]#[N+]c1cnc(C(=O)O)c(C(F)F)c1. The van der Waals surface area contributed by atoms with Gasteiger partial charge >= 0.3 is 5.97 Å². The Kier molecular flexibility index (Phi) is 2.72. The third-order valence-corrected chi connectivity index (χ3v) is 1.47. The predicted octanol–water partition coefficient (Wildman–Crippen LogP) is 2.27. The van der Waals surface area contributed by atoms with Gasteiger partial charge in [0.05, 0.1) is 6.57 Å². The second kappa shape index (κ2) is 3.79. The molecule has 0 amide bonds. The summed E-state index contributed by atoms with van der Waals surface area (Å²) in [6, 6.07) is 0.827. The van der Waals surface area contributed by atoms with Gasteiger partial charge in [0.2, 0.25) is 5.69 Å². The Morgan fingerprint density at radius 3 is 2.71 bits per heavy atom. The first kappa shape index (κ1) is 10.1. The van der Waals surface area contributed by atoms with E-state index in [2.05, 4.69) is 9.83 Å². The largest absolute Gasteiger partial charge is 0.477 e. The van der Waals surface area contributed by atoms with Crippen LogP contribution in [0.1, 0.15) is 22.5 Å². The molecule has 72 valence electrons. The average Bonchev–Trinajstić information content (AvgIpc) is 2.16. The molecule has 0 radical (unpaired) electrons. The fraction of sp³-hybridized carbons (Fsp3) is 0.125. The lowest BCUT2D eigenvalue weighted by molar-refractivity contribution is 0.0677. The molecule has 0 aliphatic rings. The highest BCUT2D eigenvalue weighted by molar-refractivity contribution is 5.87. The van der Waals surface area contributed by atoms with Gasteiger partial charge in [0.25, 0.3) is 6.43 Å². The minimum absolute atomic E-state index is 0.106. The molecule has 0 unspecified atom stereocenters. The van der Waals surface area contributed by atoms with E-state index in [1.54, 1.807) is 0 Å². The maximum Gasteiger partial charge on any atom is 0.354 e. The molecule has 6 heteroatoms. The van der Waals surface area contributed by atoms with Crippen molar-refractivity contribution in [2.24, 2.45) is 0 Å². The van der Waals surface area contributed by atoms with Crippen LogP contribution in [0.2, 0.25) is 0 Å². The first-order chi connectivity index (χ1) is 6.56. The van der Waals surface area contributed by atoms with Crippen molar-refractivity contribution in [1.82, 2.24) is 4.98 Å². The molecule has 0 fully saturated rings. The zero-order chi connectivity index (χ0) is 10.7. The second-order valence-electron chi connectivity index (χ2n) is 2.35. The molecular weight excluding hydrogens is 194 g/mol. The normalized spacial score (nSPS) is 9.86. The molecule has 0 spiro atoms. The number of aromatic nitrogens is 1. The number of hydrogen-bond acceptors (Lipinski definition) is 2. The number of nitrogens with zero attached hydrogens (tertiary/aromatic N) is 2. The van der Waals surface area contributed by atoms with Crippen molar-refractivity contribution < 1.29 is 18.7 Å². The quantitative estimate of drug-likeness (QED) is 0.741. The summed E-state index contributed by atoms with van der Waals surface area (Å²) in [5.74, 6) is -1.53. The third kappa shape index (κ3) is 1.82. The van der Waals surface area contributed by atoms with Crippen LogP contribution in [0.25, 0.3) is 4.85 Å². The Bertz CT molecular complexity index is 412. The van der Waals surface area contributed by atoms with E-state index < -0.39 is 23.7 Å². The molecular formula is C8H4F2N2O2. The maximum atomic E-state index is 12.3. The van der Waals surface area contributed by atoms with Crippen molar-refractivity contribution >= 4 is 11.7 Å². The molecule has 14 heavy (non-hydrogen) atoms. The third-order valence-electron chi connectivity index (χ3n) is 1.47. The summed E-state index contributed by atoms with van der Waals surface area (Å²) in [6.07, 6.45) is -2.00. The molecule has 1 aromatic heterocycles. The fourth-order valence-corrected chi connectivity index (χ4v) is 0.876. The molecule has 0 saturated heterocycles. The fourth-order valence-electron chi connectivity index (χ4n) is 0.876. The van der Waals surface area contributed by atoms with Crippen LogP contribution in [-0.2, 0) is 0 Å². The molecule has 1 heterocycles. The van der Waals surface area contributed by atoms with E-state index >= 15 is 0 Å². The molecule has 0 atom stereocenters. The van der Waals surface area contributed by atoms with E-state index in [4.69, 9.17) is 11.7 Å². The molecule has 4 nitrogen and oxygen atoms in total. The van der Waals surface area contributed by atoms with Gasteiger partial charge in [-0.25, -0.2) is 18.4 Å². The van der Waals surface area contributed by atoms with Gasteiger partial charge in [-0.3, -0.25) is 4.98 Å². The summed E-state index contributed by atoms with van der Waals surface area (Å²) >= 11 is 0. The van der Waals surface area contributed by atoms with Crippen LogP contribution in [0.4, 0.5) is 14.5 Å².